The number of aliphatic imine (C=N–C) groups is 1. The van der Waals surface area contributed by atoms with Crippen molar-refractivity contribution in [2.24, 2.45) is 4.99 Å². The van der Waals surface area contributed by atoms with E-state index in [2.05, 4.69) is 15.3 Å². The minimum atomic E-state index is -4.62. The molecule has 0 radical (unpaired) electrons. The number of aromatic nitrogens is 2. The molecule has 11 heteroatoms. The van der Waals surface area contributed by atoms with Crippen molar-refractivity contribution in [2.45, 2.75) is 18.0 Å². The summed E-state index contributed by atoms with van der Waals surface area (Å²) in [5.74, 6) is 0.217. The van der Waals surface area contributed by atoms with Crippen molar-refractivity contribution in [1.29, 1.82) is 0 Å². The van der Waals surface area contributed by atoms with Gasteiger partial charge in [-0.3, -0.25) is 14.4 Å². The van der Waals surface area contributed by atoms with Crippen LogP contribution in [0, 0.1) is 0 Å². The fraction of sp³-hybridized carbons (Fsp3) is 0.107. The van der Waals surface area contributed by atoms with Crippen molar-refractivity contribution in [3.63, 3.8) is 0 Å². The first-order valence-electron chi connectivity index (χ1n) is 11.6. The molecule has 3 aromatic carbocycles. The Kier molecular flexibility index (Phi) is 7.82. The summed E-state index contributed by atoms with van der Waals surface area (Å²) in [4.78, 5) is 19.7. The molecular weight excluding hydrogens is 529 g/mol. The molecule has 4 aromatic rings. The second-order valence-corrected chi connectivity index (χ2v) is 10.4. The van der Waals surface area contributed by atoms with Crippen LogP contribution in [0.15, 0.2) is 101 Å². The summed E-state index contributed by atoms with van der Waals surface area (Å²) in [6, 6.07) is 18.5. The average Bonchev–Trinajstić information content (AvgIpc) is 3.34. The molecule has 4 rings (SSSR count). The zero-order chi connectivity index (χ0) is 28.2. The highest BCUT2D eigenvalue weighted by atomic mass is 32.2. The zero-order valence-corrected chi connectivity index (χ0v) is 21.7. The van der Waals surface area contributed by atoms with Crippen LogP contribution in [0.4, 0.5) is 19.0 Å². The van der Waals surface area contributed by atoms with E-state index >= 15 is 0 Å². The molecular formula is C28H23F3N4O3S. The number of carbonyl (C=O) groups is 1. The van der Waals surface area contributed by atoms with Gasteiger partial charge < -0.3 is 5.32 Å². The second-order valence-electron chi connectivity index (χ2n) is 8.43. The third-order valence-corrected chi connectivity index (χ3v) is 6.80. The number of nitrogens with zero attached hydrogens (tertiary/aromatic N) is 3. The fourth-order valence-electron chi connectivity index (χ4n) is 3.88. The number of rotatable bonds is 8. The zero-order valence-electron chi connectivity index (χ0n) is 20.8. The molecule has 0 aliphatic rings. The molecule has 0 aliphatic carbocycles. The first kappa shape index (κ1) is 27.5. The highest BCUT2D eigenvalue weighted by molar-refractivity contribution is 7.90. The van der Waals surface area contributed by atoms with Gasteiger partial charge in [0.15, 0.2) is 16.1 Å². The maximum Gasteiger partial charge on any atom is 0.417 e. The van der Waals surface area contributed by atoms with E-state index < -0.39 is 21.6 Å². The summed E-state index contributed by atoms with van der Waals surface area (Å²) >= 11 is 0. The van der Waals surface area contributed by atoms with Crippen molar-refractivity contribution in [3.8, 4) is 28.2 Å². The predicted octanol–water partition coefficient (Wildman–Crippen LogP) is 6.17. The van der Waals surface area contributed by atoms with Crippen LogP contribution in [-0.2, 0) is 20.8 Å². The van der Waals surface area contributed by atoms with Crippen LogP contribution in [0.2, 0.25) is 0 Å². The van der Waals surface area contributed by atoms with Crippen molar-refractivity contribution in [1.82, 2.24) is 9.55 Å². The van der Waals surface area contributed by atoms with E-state index in [9.17, 15) is 26.4 Å². The van der Waals surface area contributed by atoms with Crippen molar-refractivity contribution >= 4 is 28.2 Å². The summed E-state index contributed by atoms with van der Waals surface area (Å²) < 4.78 is 67.0. The molecule has 39 heavy (non-hydrogen) atoms. The van der Waals surface area contributed by atoms with Crippen LogP contribution >= 0.6 is 0 Å². The first-order chi connectivity index (χ1) is 18.5. The molecule has 0 aliphatic heterocycles. The van der Waals surface area contributed by atoms with Crippen LogP contribution in [-0.4, -0.2) is 36.7 Å². The molecule has 0 saturated carbocycles. The van der Waals surface area contributed by atoms with E-state index in [4.69, 9.17) is 0 Å². The Bertz CT molecular complexity index is 1670. The second kappa shape index (κ2) is 11.1. The quantitative estimate of drug-likeness (QED) is 0.160. The molecule has 7 nitrogen and oxygen atoms in total. The Balaban J connectivity index is 1.81. The lowest BCUT2D eigenvalue weighted by Gasteiger charge is -2.14. The Morgan fingerprint density at radius 3 is 2.36 bits per heavy atom. The fourth-order valence-corrected chi connectivity index (χ4v) is 4.55. The molecule has 0 saturated heterocycles. The monoisotopic (exact) mass is 552 g/mol. The molecule has 0 bridgehead atoms. The largest absolute Gasteiger partial charge is 0.417 e. The average molecular weight is 553 g/mol. The Labute approximate surface area is 223 Å². The van der Waals surface area contributed by atoms with E-state index in [-0.39, 0.29) is 27.8 Å². The number of benzene rings is 3. The molecule has 1 N–H and O–H groups in total. The summed E-state index contributed by atoms with van der Waals surface area (Å²) in [6.45, 7) is 1.64. The van der Waals surface area contributed by atoms with Crippen molar-refractivity contribution in [2.75, 3.05) is 11.6 Å². The third kappa shape index (κ3) is 6.32. The van der Waals surface area contributed by atoms with Gasteiger partial charge in [0.05, 0.1) is 16.7 Å². The number of imidazole rings is 1. The van der Waals surface area contributed by atoms with E-state index in [1.165, 1.54) is 47.4 Å². The lowest BCUT2D eigenvalue weighted by Crippen LogP contribution is -2.08. The molecule has 0 fully saturated rings. The molecule has 0 spiro atoms. The number of hydrogen-bond donors (Lipinski definition) is 1. The Morgan fingerprint density at radius 2 is 1.72 bits per heavy atom. The maximum atomic E-state index is 13.9. The van der Waals surface area contributed by atoms with Gasteiger partial charge in [0.1, 0.15) is 17.3 Å². The minimum Gasteiger partial charge on any atom is -0.343 e. The lowest BCUT2D eigenvalue weighted by molar-refractivity contribution is -0.137. The summed E-state index contributed by atoms with van der Waals surface area (Å²) in [6.07, 6.45) is 1.28. The number of anilines is 1. The number of sulfone groups is 1. The van der Waals surface area contributed by atoms with Crippen LogP contribution in [0.3, 0.4) is 0 Å². The van der Waals surface area contributed by atoms with Crippen LogP contribution in [0.5, 0.6) is 0 Å². The van der Waals surface area contributed by atoms with E-state index in [1.54, 1.807) is 49.4 Å². The van der Waals surface area contributed by atoms with Gasteiger partial charge in [-0.15, -0.1) is 0 Å². The van der Waals surface area contributed by atoms with Gasteiger partial charge in [-0.25, -0.2) is 13.4 Å². The summed E-state index contributed by atoms with van der Waals surface area (Å²) in [5.41, 5.74) is 0.993. The number of nitrogens with one attached hydrogen (secondary N) is 1. The standard InChI is InChI=1S/C28H23F3N4O3S/c1-3-32-21(18-36)16-33-26-17-35(27(34-26)24-9-4-5-10-25(24)28(29,30)31)22-13-11-19(12-14-22)20-7-6-8-23(15-20)39(2,37)38/h3-18,33H,1-2H3/b21-16-,32-3?. The number of carbonyl (C=O) groups excluding carboxylic acids is 1. The maximum absolute atomic E-state index is 13.9. The van der Waals surface area contributed by atoms with E-state index in [1.807, 2.05) is 0 Å². The van der Waals surface area contributed by atoms with Gasteiger partial charge >= 0.3 is 6.18 Å². The summed E-state index contributed by atoms with van der Waals surface area (Å²) in [7, 11) is -3.40. The smallest absolute Gasteiger partial charge is 0.343 e. The molecule has 1 aromatic heterocycles. The first-order valence-corrected chi connectivity index (χ1v) is 13.5. The van der Waals surface area contributed by atoms with Crippen LogP contribution in [0.25, 0.3) is 28.2 Å². The topological polar surface area (TPSA) is 93.4 Å². The van der Waals surface area contributed by atoms with Gasteiger partial charge in [-0.1, -0.05) is 42.5 Å². The number of alkyl halides is 3. The molecule has 1 heterocycles. The van der Waals surface area contributed by atoms with Gasteiger partial charge in [0.25, 0.3) is 0 Å². The van der Waals surface area contributed by atoms with Gasteiger partial charge in [0, 0.05) is 29.9 Å². The van der Waals surface area contributed by atoms with Crippen LogP contribution in [0.1, 0.15) is 12.5 Å². The third-order valence-electron chi connectivity index (χ3n) is 5.69. The number of allylic oxidation sites excluding steroid dienone is 1. The lowest BCUT2D eigenvalue weighted by atomic mass is 10.0. The molecule has 200 valence electrons. The number of hydrogen-bond acceptors (Lipinski definition) is 6. The minimum absolute atomic E-state index is 0.0253. The highest BCUT2D eigenvalue weighted by Gasteiger charge is 2.34. The van der Waals surface area contributed by atoms with Gasteiger partial charge in [-0.05, 0) is 48.4 Å². The van der Waals surface area contributed by atoms with Crippen molar-refractivity contribution in [3.05, 3.63) is 96.5 Å². The Hall–Kier alpha value is -4.51. The Morgan fingerprint density at radius 1 is 1.00 bits per heavy atom. The number of halogens is 3. The van der Waals surface area contributed by atoms with Gasteiger partial charge in [-0.2, -0.15) is 13.2 Å². The highest BCUT2D eigenvalue weighted by Crippen LogP contribution is 2.38. The molecule has 0 unspecified atom stereocenters. The molecule has 0 atom stereocenters. The summed E-state index contributed by atoms with van der Waals surface area (Å²) in [5, 5.41) is 2.82. The van der Waals surface area contributed by atoms with Crippen molar-refractivity contribution < 1.29 is 26.4 Å². The van der Waals surface area contributed by atoms with E-state index in [0.29, 0.717) is 17.5 Å². The molecule has 0 amide bonds. The normalized spacial score (nSPS) is 12.6. The van der Waals surface area contributed by atoms with Crippen LogP contribution < -0.4 is 5.32 Å². The van der Waals surface area contributed by atoms with E-state index in [0.717, 1.165) is 17.9 Å². The van der Waals surface area contributed by atoms with Gasteiger partial charge in [0.2, 0.25) is 0 Å². The predicted molar refractivity (Wildman–Crippen MR) is 144 cm³/mol. The SMILES string of the molecule is CC=N/C(C=O)=C\Nc1cn(-c2ccc(-c3cccc(S(C)(=O)=O)c3)cc2)c(-c2ccccc2C(F)(F)F)n1. The number of aldehydes is 1.